The molecule has 0 unspecified atom stereocenters. The number of piperazine rings is 1. The molecule has 116 valence electrons. The van der Waals surface area contributed by atoms with Gasteiger partial charge in [0, 0.05) is 26.2 Å². The van der Waals surface area contributed by atoms with Crippen LogP contribution in [0.25, 0.3) is 0 Å². The van der Waals surface area contributed by atoms with Crippen LogP contribution in [0.2, 0.25) is 0 Å². The van der Waals surface area contributed by atoms with E-state index in [9.17, 15) is 18.0 Å². The molecule has 1 saturated heterocycles. The molecular weight excluding hydrogens is 286 g/mol. The number of esters is 1. The Labute approximate surface area is 118 Å². The first-order chi connectivity index (χ1) is 9.44. The fraction of sp³-hybridized carbons (Fsp3) is 0.818. The van der Waals surface area contributed by atoms with E-state index in [1.807, 2.05) is 0 Å². The zero-order valence-corrected chi connectivity index (χ0v) is 12.4. The molecule has 8 nitrogen and oxygen atoms in total. The van der Waals surface area contributed by atoms with Gasteiger partial charge in [0.2, 0.25) is 15.9 Å². The number of sulfonamides is 1. The molecule has 0 aromatic carbocycles. The lowest BCUT2D eigenvalue weighted by atomic mass is 10.3. The molecule has 20 heavy (non-hydrogen) atoms. The zero-order valence-electron chi connectivity index (χ0n) is 11.6. The van der Waals surface area contributed by atoms with Gasteiger partial charge in [-0.15, -0.1) is 0 Å². The number of nitrogens with zero attached hydrogens (tertiary/aromatic N) is 1. The van der Waals surface area contributed by atoms with E-state index in [4.69, 9.17) is 0 Å². The molecule has 1 fully saturated rings. The predicted molar refractivity (Wildman–Crippen MR) is 72.5 cm³/mol. The van der Waals surface area contributed by atoms with E-state index in [1.54, 1.807) is 11.8 Å². The molecule has 9 heteroatoms. The minimum atomic E-state index is -3.64. The fourth-order valence-electron chi connectivity index (χ4n) is 1.72. The highest BCUT2D eigenvalue weighted by molar-refractivity contribution is 7.89. The van der Waals surface area contributed by atoms with Crippen LogP contribution >= 0.6 is 0 Å². The van der Waals surface area contributed by atoms with Gasteiger partial charge in [-0.2, -0.15) is 0 Å². The number of ether oxygens (including phenoxy) is 1. The molecule has 0 aromatic heterocycles. The van der Waals surface area contributed by atoms with Crippen molar-refractivity contribution in [2.45, 2.75) is 13.3 Å². The number of amides is 1. The molecule has 1 aliphatic rings. The summed E-state index contributed by atoms with van der Waals surface area (Å²) in [6, 6.07) is 0. The number of hydrogen-bond acceptors (Lipinski definition) is 6. The van der Waals surface area contributed by atoms with Gasteiger partial charge in [-0.3, -0.25) is 9.59 Å². The summed E-state index contributed by atoms with van der Waals surface area (Å²) in [5.74, 6) is -1.20. The third-order valence-electron chi connectivity index (χ3n) is 2.79. The predicted octanol–water partition coefficient (Wildman–Crippen LogP) is -1.71. The fourth-order valence-corrected chi connectivity index (χ4v) is 2.64. The third kappa shape index (κ3) is 6.31. The van der Waals surface area contributed by atoms with Gasteiger partial charge in [0.1, 0.15) is 0 Å². The number of nitrogens with one attached hydrogen (secondary N) is 2. The molecular formula is C11H21N3O5S. The van der Waals surface area contributed by atoms with Crippen LogP contribution in [0.1, 0.15) is 13.3 Å². The average Bonchev–Trinajstić information content (AvgIpc) is 2.44. The molecule has 0 aromatic rings. The van der Waals surface area contributed by atoms with Crippen molar-refractivity contribution in [3.05, 3.63) is 0 Å². The smallest absolute Gasteiger partial charge is 0.306 e. The molecule has 0 atom stereocenters. The molecule has 0 bridgehead atoms. The first kappa shape index (κ1) is 16.9. The Morgan fingerprint density at radius 1 is 1.30 bits per heavy atom. The van der Waals surface area contributed by atoms with Crippen LogP contribution in [0.3, 0.4) is 0 Å². The third-order valence-corrected chi connectivity index (χ3v) is 4.12. The van der Waals surface area contributed by atoms with Gasteiger partial charge in [0.15, 0.2) is 0 Å². The van der Waals surface area contributed by atoms with Gasteiger partial charge >= 0.3 is 5.97 Å². The van der Waals surface area contributed by atoms with E-state index < -0.39 is 16.0 Å². The minimum absolute atomic E-state index is 0.216. The summed E-state index contributed by atoms with van der Waals surface area (Å²) >= 11 is 0. The zero-order chi connectivity index (χ0) is 15.0. The van der Waals surface area contributed by atoms with Crippen LogP contribution in [0.5, 0.6) is 0 Å². The second kappa shape index (κ2) is 8.18. The normalized spacial score (nSPS) is 15.9. The molecule has 0 spiro atoms. The van der Waals surface area contributed by atoms with E-state index >= 15 is 0 Å². The maximum atomic E-state index is 11.8. The van der Waals surface area contributed by atoms with Crippen molar-refractivity contribution < 1.29 is 22.7 Å². The molecule has 1 heterocycles. The Bertz CT molecular complexity index is 431. The molecule has 1 rings (SSSR count). The maximum absolute atomic E-state index is 11.8. The first-order valence-corrected chi connectivity index (χ1v) is 8.21. The molecule has 1 aliphatic heterocycles. The van der Waals surface area contributed by atoms with Crippen LogP contribution < -0.4 is 10.0 Å². The standard InChI is InChI=1S/C11H21N3O5S/c1-2-19-11(16)3-8-20(17,18)13-9-10(15)14-6-4-12-5-7-14/h12-13H,2-9H2,1H3. The second-order valence-electron chi connectivity index (χ2n) is 4.33. The Morgan fingerprint density at radius 3 is 2.55 bits per heavy atom. The lowest BCUT2D eigenvalue weighted by Crippen LogP contribution is -2.49. The van der Waals surface area contributed by atoms with Gasteiger partial charge in [-0.25, -0.2) is 13.1 Å². The molecule has 0 radical (unpaired) electrons. The van der Waals surface area contributed by atoms with Gasteiger partial charge in [0.05, 0.1) is 25.3 Å². The van der Waals surface area contributed by atoms with E-state index in [0.29, 0.717) is 26.2 Å². The van der Waals surface area contributed by atoms with Crippen LogP contribution in [-0.2, 0) is 24.3 Å². The monoisotopic (exact) mass is 307 g/mol. The van der Waals surface area contributed by atoms with Gasteiger partial charge in [-0.05, 0) is 6.92 Å². The van der Waals surface area contributed by atoms with Crippen LogP contribution in [0.4, 0.5) is 0 Å². The second-order valence-corrected chi connectivity index (χ2v) is 6.25. The maximum Gasteiger partial charge on any atom is 0.306 e. The topological polar surface area (TPSA) is 105 Å². The molecule has 1 amide bonds. The quantitative estimate of drug-likeness (QED) is 0.543. The van der Waals surface area contributed by atoms with Gasteiger partial charge in [0.25, 0.3) is 0 Å². The highest BCUT2D eigenvalue weighted by atomic mass is 32.2. The van der Waals surface area contributed by atoms with E-state index in [2.05, 4.69) is 14.8 Å². The highest BCUT2D eigenvalue weighted by Crippen LogP contribution is 1.96. The van der Waals surface area contributed by atoms with Crippen molar-refractivity contribution in [1.29, 1.82) is 0 Å². The van der Waals surface area contributed by atoms with Crippen molar-refractivity contribution in [1.82, 2.24) is 14.9 Å². The molecule has 0 saturated carbocycles. The average molecular weight is 307 g/mol. The number of carbonyl (C=O) groups is 2. The summed E-state index contributed by atoms with van der Waals surface area (Å²) in [6.45, 7) is 4.16. The highest BCUT2D eigenvalue weighted by Gasteiger charge is 2.19. The van der Waals surface area contributed by atoms with Crippen molar-refractivity contribution in [2.24, 2.45) is 0 Å². The lowest BCUT2D eigenvalue weighted by Gasteiger charge is -2.27. The van der Waals surface area contributed by atoms with Crippen molar-refractivity contribution in [3.63, 3.8) is 0 Å². The van der Waals surface area contributed by atoms with Crippen LogP contribution in [-0.4, -0.2) is 70.3 Å². The summed E-state index contributed by atoms with van der Waals surface area (Å²) in [5, 5.41) is 3.10. The van der Waals surface area contributed by atoms with E-state index in [1.165, 1.54) is 0 Å². The Hall–Kier alpha value is -1.19. The summed E-state index contributed by atoms with van der Waals surface area (Å²) in [4.78, 5) is 24.4. The van der Waals surface area contributed by atoms with Crippen molar-refractivity contribution in [2.75, 3.05) is 45.1 Å². The van der Waals surface area contributed by atoms with Crippen molar-refractivity contribution in [3.8, 4) is 0 Å². The number of rotatable bonds is 7. The first-order valence-electron chi connectivity index (χ1n) is 6.56. The summed E-state index contributed by atoms with van der Waals surface area (Å²) in [5.41, 5.74) is 0. The summed E-state index contributed by atoms with van der Waals surface area (Å²) in [7, 11) is -3.64. The summed E-state index contributed by atoms with van der Waals surface area (Å²) < 4.78 is 30.1. The molecule has 2 N–H and O–H groups in total. The number of carbonyl (C=O) groups excluding carboxylic acids is 2. The Kier molecular flexibility index (Phi) is 6.89. The SMILES string of the molecule is CCOC(=O)CCS(=O)(=O)NCC(=O)N1CCNCC1. The largest absolute Gasteiger partial charge is 0.466 e. The lowest BCUT2D eigenvalue weighted by molar-refractivity contribution is -0.142. The minimum Gasteiger partial charge on any atom is -0.466 e. The number of hydrogen-bond donors (Lipinski definition) is 2. The van der Waals surface area contributed by atoms with Gasteiger partial charge in [-0.1, -0.05) is 0 Å². The van der Waals surface area contributed by atoms with Crippen LogP contribution in [0, 0.1) is 0 Å². The van der Waals surface area contributed by atoms with Crippen LogP contribution in [0.15, 0.2) is 0 Å². The summed E-state index contributed by atoms with van der Waals surface area (Å²) in [6.07, 6.45) is -0.217. The Balaban J connectivity index is 2.31. The molecule has 0 aliphatic carbocycles. The van der Waals surface area contributed by atoms with E-state index in [-0.39, 0.29) is 31.2 Å². The van der Waals surface area contributed by atoms with Gasteiger partial charge < -0.3 is 15.0 Å². The Morgan fingerprint density at radius 2 is 1.95 bits per heavy atom. The van der Waals surface area contributed by atoms with E-state index in [0.717, 1.165) is 0 Å². The van der Waals surface area contributed by atoms with Crippen molar-refractivity contribution >= 4 is 21.9 Å².